The third-order valence-electron chi connectivity index (χ3n) is 6.43. The topological polar surface area (TPSA) is 87.5 Å². The maximum atomic E-state index is 14.9. The van der Waals surface area contributed by atoms with Crippen LogP contribution in [-0.2, 0) is 0 Å². The maximum absolute atomic E-state index is 14.9. The first kappa shape index (κ1) is 31.4. The fraction of sp³-hybridized carbons (Fsp3) is 0.375. The zero-order chi connectivity index (χ0) is 30.6. The number of hydrogen-bond donors (Lipinski definition) is 2. The van der Waals surface area contributed by atoms with Crippen molar-refractivity contribution in [3.63, 3.8) is 0 Å². The fourth-order valence-corrected chi connectivity index (χ4v) is 5.61. The second kappa shape index (κ2) is 11.3. The Labute approximate surface area is 247 Å². The van der Waals surface area contributed by atoms with Crippen LogP contribution < -0.4 is 15.6 Å². The van der Waals surface area contributed by atoms with Crippen LogP contribution in [0.15, 0.2) is 33.7 Å². The number of hydrogen-bond acceptors (Lipinski definition) is 5. The normalized spacial score (nSPS) is 18.7. The lowest BCUT2D eigenvalue weighted by Crippen LogP contribution is -2.55. The molecule has 2 aromatic heterocycles. The first-order valence-electron chi connectivity index (χ1n) is 11.7. The molecule has 2 N–H and O–H groups in total. The number of anilines is 1. The summed E-state index contributed by atoms with van der Waals surface area (Å²) in [5, 5.41) is 11.2. The van der Waals surface area contributed by atoms with E-state index in [4.69, 9.17) is 0 Å². The van der Waals surface area contributed by atoms with Crippen LogP contribution >= 0.6 is 38.5 Å². The number of halogens is 10. The molecule has 0 saturated carbocycles. The molecule has 1 aliphatic heterocycles. The summed E-state index contributed by atoms with van der Waals surface area (Å²) >= 11 is 5.23. The Morgan fingerprint density at radius 2 is 1.78 bits per heavy atom. The summed E-state index contributed by atoms with van der Waals surface area (Å²) in [5.74, 6) is -11.2. The molecular weight excluding hydrogens is 751 g/mol. The van der Waals surface area contributed by atoms with Gasteiger partial charge >= 0.3 is 12.1 Å². The van der Waals surface area contributed by atoms with Gasteiger partial charge in [-0.05, 0) is 28.4 Å². The molecule has 1 saturated heterocycles. The predicted molar refractivity (Wildman–Crippen MR) is 143 cm³/mol. The Morgan fingerprint density at radius 3 is 2.29 bits per heavy atom. The van der Waals surface area contributed by atoms with Crippen molar-refractivity contribution in [1.29, 1.82) is 0 Å². The summed E-state index contributed by atoms with van der Waals surface area (Å²) < 4.78 is 111. The Bertz CT molecular complexity index is 1550. The first-order valence-corrected chi connectivity index (χ1v) is 13.7. The van der Waals surface area contributed by atoms with Crippen molar-refractivity contribution in [3.8, 4) is 5.69 Å². The molecule has 0 spiro atoms. The zero-order valence-electron chi connectivity index (χ0n) is 20.5. The highest BCUT2D eigenvalue weighted by molar-refractivity contribution is 14.1. The van der Waals surface area contributed by atoms with Gasteiger partial charge in [0.25, 0.3) is 5.91 Å². The number of aliphatic hydroxyl groups excluding tert-OH is 1. The number of aromatic nitrogens is 2. The number of nitrogens with zero attached hydrogens (tertiary/aromatic N) is 3. The fourth-order valence-electron chi connectivity index (χ4n) is 4.34. The van der Waals surface area contributed by atoms with Crippen LogP contribution in [0.1, 0.15) is 23.7 Å². The lowest BCUT2D eigenvalue weighted by atomic mass is 10.1. The minimum Gasteiger partial charge on any atom is -0.390 e. The largest absolute Gasteiger partial charge is 0.455 e. The van der Waals surface area contributed by atoms with Gasteiger partial charge in [0.2, 0.25) is 5.43 Å². The van der Waals surface area contributed by atoms with Crippen molar-refractivity contribution in [1.82, 2.24) is 14.9 Å². The Kier molecular flexibility index (Phi) is 8.63. The highest BCUT2D eigenvalue weighted by Gasteiger charge is 2.62. The van der Waals surface area contributed by atoms with Crippen LogP contribution in [0.2, 0.25) is 0 Å². The summed E-state index contributed by atoms with van der Waals surface area (Å²) in [6.45, 7) is 1.33. The van der Waals surface area contributed by atoms with E-state index in [0.29, 0.717) is 22.9 Å². The first-order chi connectivity index (χ1) is 19.0. The molecule has 1 fully saturated rings. The standard InChI is InChI=1S/C24H18BrF8IN4O3/c1-2-17(23(29,30)24(31,32)33)35-22(41)11-6-38(18-13(27)3-9(26)4-14(18)28)20-10(19(11)40)5-12(25)21(36-20)37-7-15(34)16(39)8-37/h3-6,15-17,39H,2,7-8H2,1H3,(H,35,41)/t15-,16-,17?/m1/s1. The lowest BCUT2D eigenvalue weighted by Gasteiger charge is -2.28. The molecule has 1 aromatic carbocycles. The monoisotopic (exact) mass is 768 g/mol. The molecule has 17 heteroatoms. The van der Waals surface area contributed by atoms with E-state index in [9.17, 15) is 49.8 Å². The molecule has 4 rings (SSSR count). The number of carbonyl (C=O) groups is 1. The van der Waals surface area contributed by atoms with Crippen molar-refractivity contribution in [2.45, 2.75) is 41.5 Å². The van der Waals surface area contributed by atoms with Crippen molar-refractivity contribution in [3.05, 3.63) is 62.1 Å². The molecule has 3 atom stereocenters. The summed E-state index contributed by atoms with van der Waals surface area (Å²) in [7, 11) is 0. The number of aliphatic hydroxyl groups is 1. The second-order valence-electron chi connectivity index (χ2n) is 9.17. The number of benzene rings is 1. The van der Waals surface area contributed by atoms with Crippen molar-refractivity contribution in [2.75, 3.05) is 18.0 Å². The maximum Gasteiger partial charge on any atom is 0.455 e. The van der Waals surface area contributed by atoms with E-state index in [1.165, 1.54) is 5.32 Å². The Balaban J connectivity index is 1.96. The van der Waals surface area contributed by atoms with E-state index in [1.807, 2.05) is 22.6 Å². The van der Waals surface area contributed by atoms with E-state index in [1.54, 1.807) is 4.90 Å². The van der Waals surface area contributed by atoms with Gasteiger partial charge in [0.05, 0.1) is 19.9 Å². The number of fused-ring (bicyclic) bond motifs is 1. The van der Waals surface area contributed by atoms with Crippen LogP contribution in [0.4, 0.5) is 40.9 Å². The molecule has 222 valence electrons. The number of alkyl halides is 6. The number of rotatable bonds is 6. The molecule has 7 nitrogen and oxygen atoms in total. The smallest absolute Gasteiger partial charge is 0.390 e. The molecule has 0 radical (unpaired) electrons. The van der Waals surface area contributed by atoms with Gasteiger partial charge in [-0.2, -0.15) is 22.0 Å². The second-order valence-corrected chi connectivity index (χ2v) is 11.6. The van der Waals surface area contributed by atoms with Crippen molar-refractivity contribution < 1.29 is 45.0 Å². The SMILES string of the molecule is CCC(NC(=O)c1cn(-c2c(F)cc(F)cc2F)c2nc(N3C[C@@H](O)[C@H](I)C3)c(Br)cc2c1=O)C(F)(F)C(F)(F)F. The molecule has 1 aliphatic rings. The van der Waals surface area contributed by atoms with Crippen LogP contribution in [0.3, 0.4) is 0 Å². The third kappa shape index (κ3) is 5.76. The minimum absolute atomic E-state index is 0.0977. The van der Waals surface area contributed by atoms with Gasteiger partial charge in [0, 0.05) is 31.4 Å². The number of amides is 1. The predicted octanol–water partition coefficient (Wildman–Crippen LogP) is 5.26. The molecule has 3 heterocycles. The van der Waals surface area contributed by atoms with E-state index in [0.717, 1.165) is 13.0 Å². The molecule has 1 amide bonds. The number of pyridine rings is 2. The van der Waals surface area contributed by atoms with Crippen molar-refractivity contribution >= 4 is 61.3 Å². The Hall–Kier alpha value is -2.54. The van der Waals surface area contributed by atoms with Gasteiger partial charge in [-0.1, -0.05) is 29.5 Å². The van der Waals surface area contributed by atoms with E-state index < -0.39 is 81.7 Å². The van der Waals surface area contributed by atoms with E-state index in [-0.39, 0.29) is 27.3 Å². The summed E-state index contributed by atoms with van der Waals surface area (Å²) in [5.41, 5.74) is -3.70. The Morgan fingerprint density at radius 1 is 1.17 bits per heavy atom. The van der Waals surface area contributed by atoms with Crippen LogP contribution in [0.25, 0.3) is 16.7 Å². The van der Waals surface area contributed by atoms with Crippen LogP contribution in [0.5, 0.6) is 0 Å². The molecule has 0 bridgehead atoms. The van der Waals surface area contributed by atoms with E-state index in [2.05, 4.69) is 20.9 Å². The average molecular weight is 769 g/mol. The number of carbonyl (C=O) groups excluding carboxylic acids is 1. The van der Waals surface area contributed by atoms with Gasteiger partial charge in [0.1, 0.15) is 28.9 Å². The summed E-state index contributed by atoms with van der Waals surface area (Å²) in [6, 6.07) is -1.05. The minimum atomic E-state index is -6.03. The van der Waals surface area contributed by atoms with Gasteiger partial charge in [-0.25, -0.2) is 18.2 Å². The van der Waals surface area contributed by atoms with Gasteiger partial charge in [-0.15, -0.1) is 0 Å². The van der Waals surface area contributed by atoms with Gasteiger partial charge in [0.15, 0.2) is 17.3 Å². The summed E-state index contributed by atoms with van der Waals surface area (Å²) in [6.07, 6.45) is -7.16. The van der Waals surface area contributed by atoms with Crippen LogP contribution in [0, 0.1) is 17.5 Å². The lowest BCUT2D eigenvalue weighted by molar-refractivity contribution is -0.292. The molecule has 0 aliphatic carbocycles. The van der Waals surface area contributed by atoms with Crippen molar-refractivity contribution in [2.24, 2.45) is 0 Å². The third-order valence-corrected chi connectivity index (χ3v) is 8.24. The average Bonchev–Trinajstić information content (AvgIpc) is 3.19. The van der Waals surface area contributed by atoms with Gasteiger partial charge in [-0.3, -0.25) is 14.2 Å². The zero-order valence-corrected chi connectivity index (χ0v) is 24.3. The summed E-state index contributed by atoms with van der Waals surface area (Å²) in [4.78, 5) is 32.2. The molecular formula is C24H18BrF8IN4O3. The highest BCUT2D eigenvalue weighted by atomic mass is 127. The molecule has 1 unspecified atom stereocenters. The molecule has 3 aromatic rings. The quantitative estimate of drug-likeness (QED) is 0.203. The number of nitrogens with one attached hydrogen (secondary N) is 1. The van der Waals surface area contributed by atoms with Crippen LogP contribution in [-0.4, -0.2) is 61.8 Å². The molecule has 41 heavy (non-hydrogen) atoms. The van der Waals surface area contributed by atoms with E-state index >= 15 is 0 Å². The number of β-amino-alcohol motifs (C(OH)–C–C–N with tert-alkyl or cyclic N) is 1. The highest BCUT2D eigenvalue weighted by Crippen LogP contribution is 2.39. The van der Waals surface area contributed by atoms with Gasteiger partial charge < -0.3 is 15.3 Å².